The van der Waals surface area contributed by atoms with Gasteiger partial charge in [-0.15, -0.1) is 0 Å². The van der Waals surface area contributed by atoms with E-state index in [-0.39, 0.29) is 5.82 Å². The molecule has 0 aliphatic carbocycles. The second-order valence-electron chi connectivity index (χ2n) is 10.6. The fraction of sp³-hybridized carbons (Fsp3) is 0.250. The fourth-order valence-corrected chi connectivity index (χ4v) is 5.03. The van der Waals surface area contributed by atoms with Crippen LogP contribution in [0.2, 0.25) is 0 Å². The number of benzene rings is 2. The second kappa shape index (κ2) is 13.9. The fourth-order valence-electron chi connectivity index (χ4n) is 5.03. The van der Waals surface area contributed by atoms with Crippen molar-refractivity contribution in [1.82, 2.24) is 15.2 Å². The van der Waals surface area contributed by atoms with Crippen molar-refractivity contribution in [2.24, 2.45) is 0 Å². The second-order valence-corrected chi connectivity index (χ2v) is 10.6. The Morgan fingerprint density at radius 1 is 0.950 bits per heavy atom. The number of hydrogen-bond acceptors (Lipinski definition) is 3. The molecule has 40 heavy (non-hydrogen) atoms. The van der Waals surface area contributed by atoms with Crippen molar-refractivity contribution >= 4 is 5.57 Å². The SMILES string of the molecule is C=C(/C=C\C(=C/C)NC(=C)C(=C)c1cc(-c2cncc(CN3CCCCC3)c2)ccc1C)Cc1cccc(F)c1. The van der Waals surface area contributed by atoms with Gasteiger partial charge in [-0.25, -0.2) is 4.39 Å². The molecule has 4 rings (SSSR count). The summed E-state index contributed by atoms with van der Waals surface area (Å²) in [5, 5.41) is 3.40. The minimum atomic E-state index is -0.235. The van der Waals surface area contributed by atoms with Gasteiger partial charge in [0, 0.05) is 35.9 Å². The highest BCUT2D eigenvalue weighted by Crippen LogP contribution is 2.29. The van der Waals surface area contributed by atoms with Gasteiger partial charge in [-0.05, 0) is 110 Å². The van der Waals surface area contributed by atoms with Crippen molar-refractivity contribution in [3.05, 3.63) is 144 Å². The van der Waals surface area contributed by atoms with Gasteiger partial charge >= 0.3 is 0 Å². The first kappa shape index (κ1) is 29.0. The lowest BCUT2D eigenvalue weighted by Crippen LogP contribution is -2.29. The molecular formula is C36H40FN3. The first-order valence-corrected chi connectivity index (χ1v) is 14.0. The predicted molar refractivity (Wildman–Crippen MR) is 167 cm³/mol. The monoisotopic (exact) mass is 533 g/mol. The summed E-state index contributed by atoms with van der Waals surface area (Å²) < 4.78 is 13.5. The number of pyridine rings is 1. The van der Waals surface area contributed by atoms with E-state index in [0.717, 1.165) is 56.9 Å². The number of rotatable bonds is 11. The van der Waals surface area contributed by atoms with Crippen LogP contribution in [0.3, 0.4) is 0 Å². The Labute approximate surface area is 239 Å². The summed E-state index contributed by atoms with van der Waals surface area (Å²) in [5.74, 6) is -0.235. The van der Waals surface area contributed by atoms with Gasteiger partial charge in [0.05, 0.1) is 0 Å². The van der Waals surface area contributed by atoms with Crippen LogP contribution in [-0.4, -0.2) is 23.0 Å². The van der Waals surface area contributed by atoms with Gasteiger partial charge in [0.25, 0.3) is 0 Å². The molecule has 0 saturated carbocycles. The molecule has 0 amide bonds. The van der Waals surface area contributed by atoms with Crippen molar-refractivity contribution in [2.45, 2.75) is 46.1 Å². The Bertz CT molecular complexity index is 1440. The molecule has 1 fully saturated rings. The summed E-state index contributed by atoms with van der Waals surface area (Å²) in [7, 11) is 0. The number of piperidine rings is 1. The van der Waals surface area contributed by atoms with E-state index in [1.54, 1.807) is 6.07 Å². The summed E-state index contributed by atoms with van der Waals surface area (Å²) in [4.78, 5) is 7.07. The average Bonchev–Trinajstić information content (AvgIpc) is 2.95. The van der Waals surface area contributed by atoms with Crippen LogP contribution in [-0.2, 0) is 13.0 Å². The maximum Gasteiger partial charge on any atom is 0.123 e. The van der Waals surface area contributed by atoms with E-state index in [2.05, 4.69) is 66.1 Å². The van der Waals surface area contributed by atoms with Crippen molar-refractivity contribution in [2.75, 3.05) is 13.1 Å². The molecular weight excluding hydrogens is 493 g/mol. The average molecular weight is 534 g/mol. The zero-order chi connectivity index (χ0) is 28.5. The Morgan fingerprint density at radius 3 is 2.50 bits per heavy atom. The van der Waals surface area contributed by atoms with E-state index in [0.29, 0.717) is 6.42 Å². The van der Waals surface area contributed by atoms with Gasteiger partial charge in [0.1, 0.15) is 5.82 Å². The summed E-state index contributed by atoms with van der Waals surface area (Å²) in [5.41, 5.74) is 9.87. The number of hydrogen-bond donors (Lipinski definition) is 1. The molecule has 3 nitrogen and oxygen atoms in total. The molecule has 0 radical (unpaired) electrons. The molecule has 1 N–H and O–H groups in total. The lowest BCUT2D eigenvalue weighted by atomic mass is 9.94. The van der Waals surface area contributed by atoms with Gasteiger partial charge in [-0.1, -0.05) is 68.1 Å². The quantitative estimate of drug-likeness (QED) is 0.250. The van der Waals surface area contributed by atoms with Gasteiger partial charge in [0.15, 0.2) is 0 Å². The van der Waals surface area contributed by atoms with E-state index >= 15 is 0 Å². The van der Waals surface area contributed by atoms with Crippen LogP contribution in [0.5, 0.6) is 0 Å². The predicted octanol–water partition coefficient (Wildman–Crippen LogP) is 8.56. The van der Waals surface area contributed by atoms with Crippen LogP contribution in [0.25, 0.3) is 16.7 Å². The Morgan fingerprint density at radius 2 is 1.75 bits per heavy atom. The van der Waals surface area contributed by atoms with Gasteiger partial charge in [-0.3, -0.25) is 9.88 Å². The zero-order valence-electron chi connectivity index (χ0n) is 23.8. The zero-order valence-corrected chi connectivity index (χ0v) is 23.8. The summed E-state index contributed by atoms with van der Waals surface area (Å²) in [6.45, 7) is 20.1. The maximum atomic E-state index is 13.5. The first-order chi connectivity index (χ1) is 19.3. The number of likely N-dealkylation sites (tertiary alicyclic amines) is 1. The third-order valence-electron chi connectivity index (χ3n) is 7.34. The number of nitrogens with one attached hydrogen (secondary N) is 1. The van der Waals surface area contributed by atoms with E-state index in [9.17, 15) is 4.39 Å². The topological polar surface area (TPSA) is 28.2 Å². The number of aromatic nitrogens is 1. The lowest BCUT2D eigenvalue weighted by Gasteiger charge is -2.26. The van der Waals surface area contributed by atoms with Crippen LogP contribution in [0.1, 0.15) is 48.4 Å². The largest absolute Gasteiger partial charge is 0.356 e. The van der Waals surface area contributed by atoms with Crippen LogP contribution < -0.4 is 5.32 Å². The third-order valence-corrected chi connectivity index (χ3v) is 7.34. The highest BCUT2D eigenvalue weighted by Gasteiger charge is 2.13. The highest BCUT2D eigenvalue weighted by molar-refractivity contribution is 5.81. The molecule has 2 heterocycles. The molecule has 2 aromatic carbocycles. The van der Waals surface area contributed by atoms with Crippen molar-refractivity contribution in [3.63, 3.8) is 0 Å². The molecule has 1 saturated heterocycles. The van der Waals surface area contributed by atoms with Gasteiger partial charge < -0.3 is 5.32 Å². The third kappa shape index (κ3) is 8.00. The molecule has 0 bridgehead atoms. The summed E-state index contributed by atoms with van der Waals surface area (Å²) in [6, 6.07) is 15.3. The van der Waals surface area contributed by atoms with Crippen molar-refractivity contribution in [1.29, 1.82) is 0 Å². The summed E-state index contributed by atoms with van der Waals surface area (Å²) >= 11 is 0. The number of allylic oxidation sites excluding steroid dienone is 5. The molecule has 1 aliphatic heterocycles. The molecule has 0 atom stereocenters. The maximum absolute atomic E-state index is 13.5. The molecule has 0 spiro atoms. The number of nitrogens with zero attached hydrogens (tertiary/aromatic N) is 2. The standard InChI is InChI=1S/C36H40FN3/c1-6-35(16-13-26(2)19-30-11-10-12-34(37)21-30)39-29(5)28(4)36-22-32(15-14-27(36)3)33-20-31(23-38-24-33)25-40-17-8-7-9-18-40/h6,10-16,20-24,39H,2,4-5,7-9,17-19,25H2,1,3H3/b16-13-,35-6+. The highest BCUT2D eigenvalue weighted by atomic mass is 19.1. The lowest BCUT2D eigenvalue weighted by molar-refractivity contribution is 0.220. The van der Waals surface area contributed by atoms with Crippen molar-refractivity contribution in [3.8, 4) is 11.1 Å². The van der Waals surface area contributed by atoms with E-state index < -0.39 is 0 Å². The van der Waals surface area contributed by atoms with E-state index in [1.807, 2.05) is 43.6 Å². The van der Waals surface area contributed by atoms with E-state index in [1.165, 1.54) is 50.0 Å². The van der Waals surface area contributed by atoms with Gasteiger partial charge in [0.2, 0.25) is 0 Å². The van der Waals surface area contributed by atoms with Gasteiger partial charge in [-0.2, -0.15) is 0 Å². The molecule has 0 unspecified atom stereocenters. The smallest absolute Gasteiger partial charge is 0.123 e. The Balaban J connectivity index is 1.42. The van der Waals surface area contributed by atoms with E-state index in [4.69, 9.17) is 0 Å². The van der Waals surface area contributed by atoms with Crippen LogP contribution >= 0.6 is 0 Å². The molecule has 4 heteroatoms. The normalized spacial score (nSPS) is 14.3. The molecule has 206 valence electrons. The van der Waals surface area contributed by atoms with Crippen LogP contribution in [0.15, 0.2) is 116 Å². The molecule has 1 aromatic heterocycles. The minimum Gasteiger partial charge on any atom is -0.356 e. The van der Waals surface area contributed by atoms with Crippen LogP contribution in [0.4, 0.5) is 4.39 Å². The minimum absolute atomic E-state index is 0.235. The summed E-state index contributed by atoms with van der Waals surface area (Å²) in [6.07, 6.45) is 14.3. The molecule has 1 aliphatic rings. The first-order valence-electron chi connectivity index (χ1n) is 14.0. The Kier molecular flexibility index (Phi) is 10.0. The van der Waals surface area contributed by atoms with Crippen LogP contribution in [0, 0.1) is 12.7 Å². The van der Waals surface area contributed by atoms with Crippen molar-refractivity contribution < 1.29 is 4.39 Å². The Hall–Kier alpha value is -4.02. The number of aryl methyl sites for hydroxylation is 1. The number of halogens is 1. The molecule has 3 aromatic rings.